The molecule has 4 atom stereocenters. The first-order valence-electron chi connectivity index (χ1n) is 12.2. The van der Waals surface area contributed by atoms with E-state index in [-0.39, 0.29) is 25.1 Å². The van der Waals surface area contributed by atoms with Gasteiger partial charge in [0.05, 0.1) is 16.8 Å². The number of carboxylic acid groups (broad SMARTS) is 2. The zero-order chi connectivity index (χ0) is 30.7. The van der Waals surface area contributed by atoms with Gasteiger partial charge in [-0.1, -0.05) is 41.9 Å². The molecule has 224 valence electrons. The van der Waals surface area contributed by atoms with Gasteiger partial charge in [-0.3, -0.25) is 14.9 Å². The van der Waals surface area contributed by atoms with Crippen LogP contribution in [0.5, 0.6) is 0 Å². The number of anilines is 1. The molecule has 1 amide bonds. The van der Waals surface area contributed by atoms with E-state index in [1.165, 1.54) is 6.92 Å². The molecule has 3 rings (SSSR count). The number of hydrogen-bond donors (Lipinski definition) is 6. The molecule has 0 saturated carbocycles. The van der Waals surface area contributed by atoms with Crippen LogP contribution < -0.4 is 20.9 Å². The summed E-state index contributed by atoms with van der Waals surface area (Å²) in [5.74, 6) is -3.18. The number of amides is 1. The SMILES string of the molecule is C[C@H](N[C@@H](CCc1ccccc1)C(=O)O)C(=O)N1CC(Nc2cc(Cl)c(S(N)(=O)=O)cc2S(N)(=O)=O)CC1C(=O)O. The van der Waals surface area contributed by atoms with Gasteiger partial charge < -0.3 is 20.4 Å². The van der Waals surface area contributed by atoms with Crippen LogP contribution in [0.2, 0.25) is 5.02 Å². The molecule has 1 heterocycles. The number of nitrogens with two attached hydrogens (primary N) is 2. The number of aryl methyl sites for hydroxylation is 1. The van der Waals surface area contributed by atoms with E-state index >= 15 is 0 Å². The predicted molar refractivity (Wildman–Crippen MR) is 148 cm³/mol. The maximum Gasteiger partial charge on any atom is 0.326 e. The van der Waals surface area contributed by atoms with E-state index in [0.29, 0.717) is 12.5 Å². The monoisotopic (exact) mass is 631 g/mol. The average Bonchev–Trinajstić information content (AvgIpc) is 3.29. The molecule has 1 aliphatic heterocycles. The van der Waals surface area contributed by atoms with Gasteiger partial charge in [0.2, 0.25) is 26.0 Å². The molecule has 0 spiro atoms. The number of hydrogen-bond acceptors (Lipinski definition) is 9. The highest BCUT2D eigenvalue weighted by atomic mass is 35.5. The van der Waals surface area contributed by atoms with Gasteiger partial charge in [0.15, 0.2) is 0 Å². The van der Waals surface area contributed by atoms with Crippen LogP contribution in [0.25, 0.3) is 0 Å². The zero-order valence-electron chi connectivity index (χ0n) is 21.7. The summed E-state index contributed by atoms with van der Waals surface area (Å²) in [5, 5.41) is 34.9. The van der Waals surface area contributed by atoms with Crippen molar-refractivity contribution in [3.05, 3.63) is 53.1 Å². The van der Waals surface area contributed by atoms with Crippen LogP contribution in [-0.2, 0) is 40.9 Å². The molecule has 17 heteroatoms. The topological polar surface area (TPSA) is 239 Å². The molecule has 2 unspecified atom stereocenters. The minimum atomic E-state index is -4.50. The van der Waals surface area contributed by atoms with E-state index in [4.69, 9.17) is 21.9 Å². The first-order chi connectivity index (χ1) is 19.0. The Kier molecular flexibility index (Phi) is 9.99. The van der Waals surface area contributed by atoms with Crippen molar-refractivity contribution in [1.82, 2.24) is 10.2 Å². The number of rotatable bonds is 12. The van der Waals surface area contributed by atoms with E-state index < -0.39 is 76.9 Å². The summed E-state index contributed by atoms with van der Waals surface area (Å²) in [6, 6.07) is 6.53. The second-order valence-corrected chi connectivity index (χ2v) is 13.1. The van der Waals surface area contributed by atoms with Crippen LogP contribution in [0.4, 0.5) is 5.69 Å². The first kappa shape index (κ1) is 32.2. The van der Waals surface area contributed by atoms with Crippen LogP contribution in [0, 0.1) is 0 Å². The van der Waals surface area contributed by atoms with Crippen molar-refractivity contribution in [2.24, 2.45) is 10.3 Å². The summed E-state index contributed by atoms with van der Waals surface area (Å²) in [5.41, 5.74) is 0.696. The summed E-state index contributed by atoms with van der Waals surface area (Å²) < 4.78 is 48.0. The Morgan fingerprint density at radius 1 is 1.05 bits per heavy atom. The molecule has 1 fully saturated rings. The molecule has 14 nitrogen and oxygen atoms in total. The van der Waals surface area contributed by atoms with Gasteiger partial charge in [0.25, 0.3) is 0 Å². The molecule has 0 aliphatic carbocycles. The van der Waals surface area contributed by atoms with Crippen LogP contribution in [0.15, 0.2) is 52.3 Å². The van der Waals surface area contributed by atoms with E-state index in [9.17, 15) is 41.4 Å². The number of halogens is 1. The number of primary sulfonamides is 2. The molecular weight excluding hydrogens is 602 g/mol. The third-order valence-corrected chi connectivity index (χ3v) is 8.89. The fourth-order valence-electron chi connectivity index (χ4n) is 4.59. The van der Waals surface area contributed by atoms with Crippen LogP contribution >= 0.6 is 11.6 Å². The molecule has 8 N–H and O–H groups in total. The molecule has 1 aliphatic rings. The lowest BCUT2D eigenvalue weighted by molar-refractivity contribution is -0.149. The third kappa shape index (κ3) is 8.15. The number of benzene rings is 2. The predicted octanol–water partition coefficient (Wildman–Crippen LogP) is 0.165. The normalized spacial score (nSPS) is 19.0. The number of likely N-dealkylation sites (tertiary alicyclic amines) is 1. The van der Waals surface area contributed by atoms with E-state index in [1.54, 1.807) is 0 Å². The molecule has 0 bridgehead atoms. The van der Waals surface area contributed by atoms with Crippen molar-refractivity contribution in [3.63, 3.8) is 0 Å². The minimum absolute atomic E-state index is 0.164. The summed E-state index contributed by atoms with van der Waals surface area (Å²) in [4.78, 5) is 36.9. The highest BCUT2D eigenvalue weighted by molar-refractivity contribution is 7.90. The van der Waals surface area contributed by atoms with Crippen molar-refractivity contribution in [2.45, 2.75) is 60.1 Å². The van der Waals surface area contributed by atoms with E-state index in [0.717, 1.165) is 16.5 Å². The van der Waals surface area contributed by atoms with Gasteiger partial charge >= 0.3 is 11.9 Å². The van der Waals surface area contributed by atoms with Crippen molar-refractivity contribution in [3.8, 4) is 0 Å². The summed E-state index contributed by atoms with van der Waals surface area (Å²) >= 11 is 6.01. The fourth-order valence-corrected chi connectivity index (χ4v) is 6.47. The van der Waals surface area contributed by atoms with Crippen LogP contribution in [0.1, 0.15) is 25.3 Å². The fraction of sp³-hybridized carbons (Fsp3) is 0.375. The molecule has 2 aromatic rings. The number of carbonyl (C=O) groups excluding carboxylic acids is 1. The van der Waals surface area contributed by atoms with Gasteiger partial charge in [-0.15, -0.1) is 0 Å². The van der Waals surface area contributed by atoms with Crippen LogP contribution in [-0.4, -0.2) is 80.5 Å². The minimum Gasteiger partial charge on any atom is -0.480 e. The molecular formula is C24H30ClN5O9S2. The highest BCUT2D eigenvalue weighted by Gasteiger charge is 2.42. The lowest BCUT2D eigenvalue weighted by Crippen LogP contribution is -2.53. The third-order valence-electron chi connectivity index (χ3n) is 6.56. The summed E-state index contributed by atoms with van der Waals surface area (Å²) in [7, 11) is -8.90. The Balaban J connectivity index is 1.79. The molecule has 1 saturated heterocycles. The standard InChI is InChI=1S/C24H30ClN5O9S2/c1-13(28-17(23(32)33)8-7-14-5-3-2-4-6-14)22(31)30-12-15(9-19(30)24(34)35)29-18-10-16(25)20(40(26,36)37)11-21(18)41(27,38)39/h2-6,10-11,13,15,17,19,28-29H,7-9,12H2,1H3,(H,32,33)(H,34,35)(H2,26,36,37)(H2,27,38,39)/t13-,15?,17-,19?/m0/s1. The number of sulfonamides is 2. The smallest absolute Gasteiger partial charge is 0.326 e. The van der Waals surface area contributed by atoms with Gasteiger partial charge in [0.1, 0.15) is 21.9 Å². The summed E-state index contributed by atoms with van der Waals surface area (Å²) in [6.07, 6.45) is 0.441. The highest BCUT2D eigenvalue weighted by Crippen LogP contribution is 2.32. The Bertz CT molecular complexity index is 1540. The second-order valence-electron chi connectivity index (χ2n) is 9.59. The van der Waals surface area contributed by atoms with Crippen LogP contribution in [0.3, 0.4) is 0 Å². The number of nitrogens with one attached hydrogen (secondary N) is 2. The maximum atomic E-state index is 13.3. The van der Waals surface area contributed by atoms with Crippen molar-refractivity contribution >= 4 is 55.2 Å². The Morgan fingerprint density at radius 3 is 2.20 bits per heavy atom. The molecule has 2 aromatic carbocycles. The Morgan fingerprint density at radius 2 is 1.66 bits per heavy atom. The lowest BCUT2D eigenvalue weighted by atomic mass is 10.0. The average molecular weight is 632 g/mol. The van der Waals surface area contributed by atoms with Crippen molar-refractivity contribution < 1.29 is 41.4 Å². The van der Waals surface area contributed by atoms with Gasteiger partial charge in [0, 0.05) is 19.0 Å². The Hall–Kier alpha value is -3.28. The summed E-state index contributed by atoms with van der Waals surface area (Å²) in [6.45, 7) is 1.22. The molecule has 0 radical (unpaired) electrons. The van der Waals surface area contributed by atoms with Crippen molar-refractivity contribution in [1.29, 1.82) is 0 Å². The van der Waals surface area contributed by atoms with Gasteiger partial charge in [-0.2, -0.15) is 0 Å². The number of carboxylic acids is 2. The number of nitrogens with zero attached hydrogens (tertiary/aromatic N) is 1. The second kappa shape index (κ2) is 12.7. The number of aliphatic carboxylic acids is 2. The first-order valence-corrected chi connectivity index (χ1v) is 15.7. The van der Waals surface area contributed by atoms with Crippen molar-refractivity contribution in [2.75, 3.05) is 11.9 Å². The van der Waals surface area contributed by atoms with E-state index in [1.807, 2.05) is 30.3 Å². The number of carbonyl (C=O) groups is 3. The maximum absolute atomic E-state index is 13.3. The zero-order valence-corrected chi connectivity index (χ0v) is 24.1. The van der Waals surface area contributed by atoms with E-state index in [2.05, 4.69) is 10.6 Å². The molecule has 41 heavy (non-hydrogen) atoms. The quantitative estimate of drug-likeness (QED) is 0.184. The largest absolute Gasteiger partial charge is 0.480 e. The Labute approximate surface area is 241 Å². The van der Waals surface area contributed by atoms with Gasteiger partial charge in [-0.25, -0.2) is 31.9 Å². The molecule has 0 aromatic heterocycles. The lowest BCUT2D eigenvalue weighted by Gasteiger charge is -2.27. The van der Waals surface area contributed by atoms with Gasteiger partial charge in [-0.05, 0) is 37.5 Å².